The molecule has 5 N–H and O–H groups in total. The number of likely N-dealkylation sites (N-methyl/N-ethyl adjacent to an activating group) is 2. The van der Waals surface area contributed by atoms with Gasteiger partial charge in [-0.05, 0) is 91.2 Å². The fourth-order valence-electron chi connectivity index (χ4n) is 6.43. The third kappa shape index (κ3) is 8.63. The monoisotopic (exact) mass is 681 g/mol. The Balaban J connectivity index is 0.000000177. The molecule has 11 nitrogen and oxygen atoms in total. The summed E-state index contributed by atoms with van der Waals surface area (Å²) >= 11 is 0. The van der Waals surface area contributed by atoms with E-state index in [4.69, 9.17) is 11.5 Å². The zero-order chi connectivity index (χ0) is 35.9. The minimum atomic E-state index is -0.0479. The number of carbonyl (C=O) groups is 2. The Bertz CT molecular complexity index is 2180. The Morgan fingerprint density at radius 3 is 1.84 bits per heavy atom. The maximum absolute atomic E-state index is 12.7. The molecule has 0 bridgehead atoms. The molecule has 1 saturated carbocycles. The van der Waals surface area contributed by atoms with Crippen LogP contribution in [0.15, 0.2) is 97.6 Å². The summed E-state index contributed by atoms with van der Waals surface area (Å²) in [7, 11) is 5.66. The second kappa shape index (κ2) is 15.7. The number of carbonyl (C=O) groups excluding carboxylic acids is 2. The number of aromatic nitrogens is 4. The van der Waals surface area contributed by atoms with Crippen LogP contribution in [0.1, 0.15) is 31.2 Å². The van der Waals surface area contributed by atoms with E-state index in [2.05, 4.69) is 37.4 Å². The van der Waals surface area contributed by atoms with Crippen LogP contribution < -0.4 is 16.8 Å². The number of rotatable bonds is 8. The molecule has 1 aliphatic carbocycles. The average molecular weight is 682 g/mol. The summed E-state index contributed by atoms with van der Waals surface area (Å²) in [6.45, 7) is 0.341. The van der Waals surface area contributed by atoms with Gasteiger partial charge in [0.2, 0.25) is 11.8 Å². The first-order chi connectivity index (χ1) is 24.6. The van der Waals surface area contributed by atoms with Gasteiger partial charge in [-0.15, -0.1) is 0 Å². The van der Waals surface area contributed by atoms with Crippen LogP contribution in [0.4, 0.5) is 17.3 Å². The Kier molecular flexibility index (Phi) is 10.8. The maximum Gasteiger partial charge on any atom is 0.238 e. The van der Waals surface area contributed by atoms with Crippen molar-refractivity contribution in [2.45, 2.75) is 38.1 Å². The van der Waals surface area contributed by atoms with Crippen molar-refractivity contribution in [2.75, 3.05) is 44.5 Å². The largest absolute Gasteiger partial charge is 0.383 e. The van der Waals surface area contributed by atoms with Crippen LogP contribution in [0.3, 0.4) is 0 Å². The minimum Gasteiger partial charge on any atom is -0.383 e. The van der Waals surface area contributed by atoms with Gasteiger partial charge in [-0.3, -0.25) is 9.59 Å². The van der Waals surface area contributed by atoms with Crippen molar-refractivity contribution in [1.82, 2.24) is 29.7 Å². The second-order valence-electron chi connectivity index (χ2n) is 13.2. The van der Waals surface area contributed by atoms with Gasteiger partial charge in [-0.2, -0.15) is 0 Å². The average Bonchev–Trinajstić information content (AvgIpc) is 3.67. The fourth-order valence-corrected chi connectivity index (χ4v) is 6.43. The molecule has 0 saturated heterocycles. The SMILES string of the molecule is CN(C(=O)Cc1cccc(-c2ccc3ncnc(N)c3c2)c1)C1CCCC1.CN(C)CC(=O)Nc1cccc(-c2ccc3ncnc(N)c3c2)c1. The number of amides is 2. The smallest absolute Gasteiger partial charge is 0.238 e. The van der Waals surface area contributed by atoms with Gasteiger partial charge in [0.05, 0.1) is 24.0 Å². The van der Waals surface area contributed by atoms with Gasteiger partial charge in [0.15, 0.2) is 0 Å². The van der Waals surface area contributed by atoms with Crippen molar-refractivity contribution in [2.24, 2.45) is 0 Å². The molecule has 2 aromatic heterocycles. The quantitative estimate of drug-likeness (QED) is 0.170. The van der Waals surface area contributed by atoms with Crippen molar-refractivity contribution in [1.29, 1.82) is 0 Å². The number of anilines is 3. The first kappa shape index (κ1) is 34.9. The molecular formula is C40H43N9O2. The molecule has 7 rings (SSSR count). The molecule has 6 aromatic rings. The zero-order valence-electron chi connectivity index (χ0n) is 29.2. The van der Waals surface area contributed by atoms with Crippen molar-refractivity contribution in [3.05, 3.63) is 103 Å². The van der Waals surface area contributed by atoms with Crippen LogP contribution >= 0.6 is 0 Å². The molecule has 11 heteroatoms. The van der Waals surface area contributed by atoms with Gasteiger partial charge in [0.1, 0.15) is 24.3 Å². The van der Waals surface area contributed by atoms with E-state index in [0.29, 0.717) is 30.6 Å². The van der Waals surface area contributed by atoms with Crippen LogP contribution in [0, 0.1) is 0 Å². The van der Waals surface area contributed by atoms with Gasteiger partial charge in [-0.1, -0.05) is 61.4 Å². The highest BCUT2D eigenvalue weighted by Crippen LogP contribution is 2.29. The Morgan fingerprint density at radius 1 is 0.706 bits per heavy atom. The minimum absolute atomic E-state index is 0.0479. The summed E-state index contributed by atoms with van der Waals surface area (Å²) in [6.07, 6.45) is 8.08. The second-order valence-corrected chi connectivity index (χ2v) is 13.2. The lowest BCUT2D eigenvalue weighted by atomic mass is 10.00. The molecule has 260 valence electrons. The van der Waals surface area contributed by atoms with Gasteiger partial charge in [-0.25, -0.2) is 19.9 Å². The van der Waals surface area contributed by atoms with Crippen LogP contribution in [-0.2, 0) is 16.0 Å². The Labute approximate surface area is 297 Å². The molecule has 0 radical (unpaired) electrons. The third-order valence-electron chi connectivity index (χ3n) is 9.15. The van der Waals surface area contributed by atoms with Gasteiger partial charge in [0, 0.05) is 29.5 Å². The Morgan fingerprint density at radius 2 is 1.25 bits per heavy atom. The van der Waals surface area contributed by atoms with E-state index >= 15 is 0 Å². The molecular weight excluding hydrogens is 639 g/mol. The molecule has 1 fully saturated rings. The predicted octanol–water partition coefficient (Wildman–Crippen LogP) is 6.20. The highest BCUT2D eigenvalue weighted by atomic mass is 16.2. The van der Waals surface area contributed by atoms with E-state index < -0.39 is 0 Å². The molecule has 2 amide bonds. The highest BCUT2D eigenvalue weighted by Gasteiger charge is 2.23. The van der Waals surface area contributed by atoms with Crippen molar-refractivity contribution >= 4 is 50.9 Å². The molecule has 1 aliphatic rings. The van der Waals surface area contributed by atoms with Crippen LogP contribution in [-0.4, -0.2) is 75.3 Å². The summed E-state index contributed by atoms with van der Waals surface area (Å²) in [5.74, 6) is 1.08. The first-order valence-corrected chi connectivity index (χ1v) is 17.0. The molecule has 4 aromatic carbocycles. The number of hydrogen-bond donors (Lipinski definition) is 3. The third-order valence-corrected chi connectivity index (χ3v) is 9.15. The molecule has 2 heterocycles. The van der Waals surface area contributed by atoms with Crippen LogP contribution in [0.25, 0.3) is 44.1 Å². The fraction of sp³-hybridized carbons (Fsp3) is 0.250. The van der Waals surface area contributed by atoms with Crippen LogP contribution in [0.5, 0.6) is 0 Å². The van der Waals surface area contributed by atoms with E-state index in [1.165, 1.54) is 25.5 Å². The lowest BCUT2D eigenvalue weighted by Crippen LogP contribution is -2.36. The zero-order valence-corrected chi connectivity index (χ0v) is 29.2. The Hall–Kier alpha value is -5.94. The maximum atomic E-state index is 12.7. The first-order valence-electron chi connectivity index (χ1n) is 17.0. The summed E-state index contributed by atoms with van der Waals surface area (Å²) < 4.78 is 0. The highest BCUT2D eigenvalue weighted by molar-refractivity contribution is 5.95. The normalized spacial score (nSPS) is 12.9. The van der Waals surface area contributed by atoms with E-state index in [1.807, 2.05) is 104 Å². The van der Waals surface area contributed by atoms with Gasteiger partial charge in [0.25, 0.3) is 0 Å². The van der Waals surface area contributed by atoms with Crippen LogP contribution in [0.2, 0.25) is 0 Å². The summed E-state index contributed by atoms with van der Waals surface area (Å²) in [5.41, 5.74) is 19.4. The summed E-state index contributed by atoms with van der Waals surface area (Å²) in [6, 6.07) is 28.1. The number of nitrogens with one attached hydrogen (secondary N) is 1. The number of nitrogen functional groups attached to an aromatic ring is 2. The lowest BCUT2D eigenvalue weighted by molar-refractivity contribution is -0.131. The molecule has 0 atom stereocenters. The van der Waals surface area contributed by atoms with Crippen molar-refractivity contribution < 1.29 is 9.59 Å². The van der Waals surface area contributed by atoms with Gasteiger partial charge >= 0.3 is 0 Å². The summed E-state index contributed by atoms with van der Waals surface area (Å²) in [5, 5.41) is 4.56. The number of fused-ring (bicyclic) bond motifs is 2. The topological polar surface area (TPSA) is 156 Å². The molecule has 51 heavy (non-hydrogen) atoms. The van der Waals surface area contributed by atoms with Crippen molar-refractivity contribution in [3.8, 4) is 22.3 Å². The van der Waals surface area contributed by atoms with E-state index in [0.717, 1.165) is 68.2 Å². The summed E-state index contributed by atoms with van der Waals surface area (Å²) in [4.78, 5) is 44.9. The molecule has 0 spiro atoms. The van der Waals surface area contributed by atoms with Gasteiger partial charge < -0.3 is 26.6 Å². The standard InChI is InChI=1S/C22H24N4O.C18H19N5O/c1-26(18-7-2-3-8-18)21(27)12-15-5-4-6-16(11-15)17-9-10-20-19(13-17)22(23)25-14-24-20;1-23(2)10-17(24)22-14-5-3-4-12(8-14)13-6-7-16-15(9-13)18(19)21-11-20-16/h4-6,9-11,13-14,18H,2-3,7-8,12H2,1H3,(H2,23,24,25);3-9,11H,10H2,1-2H3,(H,22,24)(H2,19,20,21). The van der Waals surface area contributed by atoms with E-state index in [1.54, 1.807) is 0 Å². The lowest BCUT2D eigenvalue weighted by Gasteiger charge is -2.24. The van der Waals surface area contributed by atoms with E-state index in [-0.39, 0.29) is 11.8 Å². The predicted molar refractivity (Wildman–Crippen MR) is 205 cm³/mol. The number of benzene rings is 4. The van der Waals surface area contributed by atoms with E-state index in [9.17, 15) is 9.59 Å². The van der Waals surface area contributed by atoms with Crippen molar-refractivity contribution in [3.63, 3.8) is 0 Å². The number of hydrogen-bond acceptors (Lipinski definition) is 9. The number of nitrogens with zero attached hydrogens (tertiary/aromatic N) is 6. The molecule has 0 aliphatic heterocycles. The number of nitrogens with two attached hydrogens (primary N) is 2. The molecule has 0 unspecified atom stereocenters.